The molecule has 2 fully saturated rings. The van der Waals surface area contributed by atoms with Crippen LogP contribution in [-0.2, 0) is 9.78 Å². The number of benzene rings is 1. The molecule has 0 unspecified atom stereocenters. The van der Waals surface area contributed by atoms with Crippen molar-refractivity contribution in [3.63, 3.8) is 0 Å². The lowest BCUT2D eigenvalue weighted by Gasteiger charge is -2.34. The number of amides is 1. The van der Waals surface area contributed by atoms with Crippen molar-refractivity contribution in [1.82, 2.24) is 4.98 Å². The molecule has 1 amide bonds. The van der Waals surface area contributed by atoms with Crippen molar-refractivity contribution in [3.8, 4) is 0 Å². The minimum Gasteiger partial charge on any atom is -0.305 e. The van der Waals surface area contributed by atoms with Crippen molar-refractivity contribution in [2.45, 2.75) is 44.1 Å². The summed E-state index contributed by atoms with van der Waals surface area (Å²) in [5, 5.41) is 0. The maximum atomic E-state index is 13.4. The van der Waals surface area contributed by atoms with Crippen molar-refractivity contribution in [3.05, 3.63) is 60.2 Å². The second kappa shape index (κ2) is 8.37. The van der Waals surface area contributed by atoms with Gasteiger partial charge in [0.1, 0.15) is 11.4 Å². The maximum Gasteiger partial charge on any atom is 0.259 e. The van der Waals surface area contributed by atoms with Gasteiger partial charge in [-0.15, -0.1) is 0 Å². The van der Waals surface area contributed by atoms with E-state index < -0.39 is 5.60 Å². The van der Waals surface area contributed by atoms with Gasteiger partial charge in [-0.05, 0) is 68.0 Å². The number of hydrogen-bond donors (Lipinski definition) is 0. The van der Waals surface area contributed by atoms with Crippen LogP contribution in [0.4, 0.5) is 10.1 Å². The third kappa shape index (κ3) is 4.56. The lowest BCUT2D eigenvalue weighted by Crippen LogP contribution is -2.46. The van der Waals surface area contributed by atoms with Gasteiger partial charge in [0.25, 0.3) is 5.91 Å². The Balaban J connectivity index is 1.57. The van der Waals surface area contributed by atoms with Crippen LogP contribution in [0.3, 0.4) is 0 Å². The first-order chi connectivity index (χ1) is 13.7. The van der Waals surface area contributed by atoms with E-state index in [4.69, 9.17) is 9.78 Å². The van der Waals surface area contributed by atoms with Crippen LogP contribution < -0.4 is 4.90 Å². The largest absolute Gasteiger partial charge is 0.305 e. The van der Waals surface area contributed by atoms with Crippen LogP contribution >= 0.6 is 0 Å². The summed E-state index contributed by atoms with van der Waals surface area (Å²) in [6, 6.07) is 9.44. The predicted octanol–water partition coefficient (Wildman–Crippen LogP) is 4.54. The second-order valence-corrected chi connectivity index (χ2v) is 7.81. The first-order valence-electron chi connectivity index (χ1n) is 9.93. The van der Waals surface area contributed by atoms with Gasteiger partial charge in [0.05, 0.1) is 18.7 Å². The fraction of sp³-hybridized carbons (Fsp3) is 0.455. The molecule has 2 saturated carbocycles. The average molecular weight is 384 g/mol. The molecule has 28 heavy (non-hydrogen) atoms. The lowest BCUT2D eigenvalue weighted by atomic mass is 10.0. The molecule has 1 aromatic heterocycles. The summed E-state index contributed by atoms with van der Waals surface area (Å²) in [5.74, 6) is 0.0811. The molecule has 5 nitrogen and oxygen atoms in total. The normalized spacial score (nSPS) is 18.2. The van der Waals surface area contributed by atoms with Crippen LogP contribution in [-0.4, -0.2) is 29.6 Å². The van der Waals surface area contributed by atoms with Crippen LogP contribution in [0.1, 0.15) is 48.9 Å². The Morgan fingerprint density at radius 3 is 2.57 bits per heavy atom. The van der Waals surface area contributed by atoms with E-state index in [-0.39, 0.29) is 11.7 Å². The summed E-state index contributed by atoms with van der Waals surface area (Å²) < 4.78 is 13.4. The zero-order valence-corrected chi connectivity index (χ0v) is 15.9. The fourth-order valence-corrected chi connectivity index (χ4v) is 3.66. The predicted molar refractivity (Wildman–Crippen MR) is 103 cm³/mol. The molecule has 1 aromatic carbocycles. The standard InChI is InChI=1S/C22H25FN2O3/c23-19-7-9-20(10-8-19)25(21(26)18-4-3-13-24-14-18)16-22(11-1-2-12-22)28-27-15-17-5-6-17/h3-4,7-10,13-14,17H,1-2,5-6,11-12,15-16H2. The van der Waals surface area contributed by atoms with Gasteiger partial charge in [-0.1, -0.05) is 12.8 Å². The number of carbonyl (C=O) groups excluding carboxylic acids is 1. The monoisotopic (exact) mass is 384 g/mol. The minimum absolute atomic E-state index is 0.184. The Morgan fingerprint density at radius 2 is 1.93 bits per heavy atom. The van der Waals surface area contributed by atoms with Crippen LogP contribution in [0.5, 0.6) is 0 Å². The van der Waals surface area contributed by atoms with Gasteiger partial charge in [0.15, 0.2) is 0 Å². The molecular formula is C22H25FN2O3. The van der Waals surface area contributed by atoms with Crippen molar-refractivity contribution >= 4 is 11.6 Å². The first-order valence-corrected chi connectivity index (χ1v) is 9.93. The Kier molecular flexibility index (Phi) is 5.69. The Bertz CT molecular complexity index is 787. The number of carbonyl (C=O) groups is 1. The van der Waals surface area contributed by atoms with E-state index in [1.165, 1.54) is 25.0 Å². The fourth-order valence-electron chi connectivity index (χ4n) is 3.66. The van der Waals surface area contributed by atoms with Gasteiger partial charge < -0.3 is 4.90 Å². The molecule has 148 valence electrons. The van der Waals surface area contributed by atoms with Gasteiger partial charge in [0, 0.05) is 18.1 Å². The van der Waals surface area contributed by atoms with E-state index in [0.29, 0.717) is 30.3 Å². The van der Waals surface area contributed by atoms with Crippen molar-refractivity contribution < 1.29 is 19.0 Å². The molecule has 1 heterocycles. The summed E-state index contributed by atoms with van der Waals surface area (Å²) in [5.41, 5.74) is 0.576. The molecule has 4 rings (SSSR count). The van der Waals surface area contributed by atoms with E-state index in [0.717, 1.165) is 25.7 Å². The molecule has 2 aromatic rings. The summed E-state index contributed by atoms with van der Waals surface area (Å²) in [6.45, 7) is 0.964. The quantitative estimate of drug-likeness (QED) is 0.495. The number of pyridine rings is 1. The minimum atomic E-state index is -0.541. The topological polar surface area (TPSA) is 51.7 Å². The summed E-state index contributed by atoms with van der Waals surface area (Å²) >= 11 is 0. The SMILES string of the molecule is O=C(c1cccnc1)N(CC1(OOCC2CC2)CCCC1)c1ccc(F)cc1. The van der Waals surface area contributed by atoms with Gasteiger partial charge in [-0.3, -0.25) is 9.78 Å². The van der Waals surface area contributed by atoms with Crippen LogP contribution in [0.2, 0.25) is 0 Å². The van der Waals surface area contributed by atoms with Crippen molar-refractivity contribution in [2.75, 3.05) is 18.1 Å². The van der Waals surface area contributed by atoms with E-state index in [2.05, 4.69) is 4.98 Å². The number of halogens is 1. The molecule has 0 spiro atoms. The molecule has 0 N–H and O–H groups in total. The molecule has 2 aliphatic carbocycles. The third-order valence-corrected chi connectivity index (χ3v) is 5.49. The number of nitrogens with zero attached hydrogens (tertiary/aromatic N) is 2. The number of hydrogen-bond acceptors (Lipinski definition) is 4. The highest BCUT2D eigenvalue weighted by molar-refractivity contribution is 6.06. The molecular weight excluding hydrogens is 359 g/mol. The number of aromatic nitrogens is 1. The molecule has 0 saturated heterocycles. The van der Waals surface area contributed by atoms with E-state index in [9.17, 15) is 9.18 Å². The lowest BCUT2D eigenvalue weighted by molar-refractivity contribution is -0.359. The zero-order valence-electron chi connectivity index (χ0n) is 15.9. The van der Waals surface area contributed by atoms with Crippen molar-refractivity contribution in [1.29, 1.82) is 0 Å². The molecule has 0 atom stereocenters. The maximum absolute atomic E-state index is 13.4. The smallest absolute Gasteiger partial charge is 0.259 e. The molecule has 0 bridgehead atoms. The number of anilines is 1. The van der Waals surface area contributed by atoms with Crippen LogP contribution in [0, 0.1) is 11.7 Å². The van der Waals surface area contributed by atoms with Gasteiger partial charge in [-0.25, -0.2) is 14.2 Å². The Hall–Kier alpha value is -2.31. The third-order valence-electron chi connectivity index (χ3n) is 5.49. The van der Waals surface area contributed by atoms with Crippen LogP contribution in [0.25, 0.3) is 0 Å². The highest BCUT2D eigenvalue weighted by atomic mass is 19.1. The van der Waals surface area contributed by atoms with Crippen LogP contribution in [0.15, 0.2) is 48.8 Å². The summed E-state index contributed by atoms with van der Waals surface area (Å²) in [4.78, 5) is 30.5. The van der Waals surface area contributed by atoms with E-state index in [1.54, 1.807) is 41.6 Å². The Labute approximate surface area is 164 Å². The summed E-state index contributed by atoms with van der Waals surface area (Å²) in [6.07, 6.45) is 9.29. The average Bonchev–Trinajstić information content (AvgIpc) is 3.44. The van der Waals surface area contributed by atoms with Crippen molar-refractivity contribution in [2.24, 2.45) is 5.92 Å². The summed E-state index contributed by atoms with van der Waals surface area (Å²) in [7, 11) is 0. The van der Waals surface area contributed by atoms with E-state index >= 15 is 0 Å². The molecule has 0 radical (unpaired) electrons. The highest BCUT2D eigenvalue weighted by Gasteiger charge is 2.40. The van der Waals surface area contributed by atoms with Gasteiger partial charge in [0.2, 0.25) is 0 Å². The highest BCUT2D eigenvalue weighted by Crippen LogP contribution is 2.37. The first kappa shape index (κ1) is 19.0. The number of rotatable bonds is 8. The zero-order chi connectivity index (χ0) is 19.4. The molecule has 6 heteroatoms. The second-order valence-electron chi connectivity index (χ2n) is 7.81. The van der Waals surface area contributed by atoms with Gasteiger partial charge >= 0.3 is 0 Å². The molecule has 0 aliphatic heterocycles. The molecule has 2 aliphatic rings. The Morgan fingerprint density at radius 1 is 1.18 bits per heavy atom. The van der Waals surface area contributed by atoms with Gasteiger partial charge in [-0.2, -0.15) is 0 Å². The van der Waals surface area contributed by atoms with E-state index in [1.807, 2.05) is 0 Å².